The zero-order valence-electron chi connectivity index (χ0n) is 12.9. The lowest BCUT2D eigenvalue weighted by atomic mass is 10.0. The van der Waals surface area contributed by atoms with E-state index in [1.165, 1.54) is 0 Å². The minimum atomic E-state index is 0.465. The number of benzene rings is 1. The van der Waals surface area contributed by atoms with E-state index in [1.807, 2.05) is 45.9 Å². The van der Waals surface area contributed by atoms with E-state index in [0.29, 0.717) is 24.8 Å². The van der Waals surface area contributed by atoms with Gasteiger partial charge in [-0.1, -0.05) is 0 Å². The van der Waals surface area contributed by atoms with Gasteiger partial charge in [-0.25, -0.2) is 0 Å². The summed E-state index contributed by atoms with van der Waals surface area (Å²) in [6, 6.07) is 5.79. The summed E-state index contributed by atoms with van der Waals surface area (Å²) in [4.78, 5) is 0. The molecule has 5 nitrogen and oxygen atoms in total. The smallest absolute Gasteiger partial charge is 0.161 e. The summed E-state index contributed by atoms with van der Waals surface area (Å²) in [5, 5.41) is 8.22. The summed E-state index contributed by atoms with van der Waals surface area (Å²) in [6.07, 6.45) is 0. The Labute approximate surface area is 125 Å². The lowest BCUT2D eigenvalue weighted by Crippen LogP contribution is -2.03. The first-order valence-corrected chi connectivity index (χ1v) is 7.07. The van der Waals surface area contributed by atoms with Crippen LogP contribution in [-0.2, 0) is 0 Å². The Hall–Kier alpha value is -2.30. The second-order valence-electron chi connectivity index (χ2n) is 4.71. The number of aromatic nitrogens is 2. The summed E-state index contributed by atoms with van der Waals surface area (Å²) in [5.41, 5.74) is 9.51. The van der Waals surface area contributed by atoms with Gasteiger partial charge in [0.25, 0.3) is 0 Å². The van der Waals surface area contributed by atoms with Crippen molar-refractivity contribution < 1.29 is 9.47 Å². The van der Waals surface area contributed by atoms with E-state index < -0.39 is 0 Å². The molecule has 0 aliphatic carbocycles. The molecule has 0 aliphatic rings. The number of ether oxygens (including phenoxy) is 2. The number of nitrogens with zero attached hydrogens (tertiary/aromatic N) is 2. The van der Waals surface area contributed by atoms with Crippen LogP contribution in [0.2, 0.25) is 0 Å². The monoisotopic (exact) mass is 287 g/mol. The van der Waals surface area contributed by atoms with Crippen molar-refractivity contribution in [3.8, 4) is 22.8 Å². The van der Waals surface area contributed by atoms with Gasteiger partial charge in [-0.05, 0) is 57.0 Å². The molecule has 0 bridgehead atoms. The molecule has 5 heteroatoms. The van der Waals surface area contributed by atoms with E-state index >= 15 is 0 Å². The SMILES string of the molecule is CCOc1ccc(-c2nnc(N)c(C)c2C)cc1OCC. The summed E-state index contributed by atoms with van der Waals surface area (Å²) in [5.74, 6) is 1.92. The van der Waals surface area contributed by atoms with Crippen LogP contribution in [0.3, 0.4) is 0 Å². The van der Waals surface area contributed by atoms with Gasteiger partial charge in [0, 0.05) is 5.56 Å². The Morgan fingerprint density at radius 1 is 0.952 bits per heavy atom. The van der Waals surface area contributed by atoms with Gasteiger partial charge >= 0.3 is 0 Å². The molecule has 1 aromatic carbocycles. The van der Waals surface area contributed by atoms with Crippen LogP contribution in [0.5, 0.6) is 11.5 Å². The third-order valence-electron chi connectivity index (χ3n) is 3.38. The van der Waals surface area contributed by atoms with Crippen molar-refractivity contribution in [2.75, 3.05) is 18.9 Å². The first-order valence-electron chi connectivity index (χ1n) is 7.07. The number of hydrogen-bond acceptors (Lipinski definition) is 5. The number of nitrogens with two attached hydrogens (primary N) is 1. The predicted octanol–water partition coefficient (Wildman–Crippen LogP) is 3.14. The molecule has 1 aromatic heterocycles. The van der Waals surface area contributed by atoms with Gasteiger partial charge in [0.2, 0.25) is 0 Å². The molecule has 0 spiro atoms. The third kappa shape index (κ3) is 3.07. The van der Waals surface area contributed by atoms with Crippen molar-refractivity contribution >= 4 is 5.82 Å². The second kappa shape index (κ2) is 6.43. The minimum Gasteiger partial charge on any atom is -0.490 e. The molecular formula is C16H21N3O2. The van der Waals surface area contributed by atoms with Crippen molar-refractivity contribution in [3.05, 3.63) is 29.3 Å². The Kier molecular flexibility index (Phi) is 4.62. The van der Waals surface area contributed by atoms with Crippen LogP contribution in [0, 0.1) is 13.8 Å². The molecule has 112 valence electrons. The van der Waals surface area contributed by atoms with Gasteiger partial charge < -0.3 is 15.2 Å². The second-order valence-corrected chi connectivity index (χ2v) is 4.71. The average molecular weight is 287 g/mol. The molecule has 2 N–H and O–H groups in total. The summed E-state index contributed by atoms with van der Waals surface area (Å²) in [7, 11) is 0. The largest absolute Gasteiger partial charge is 0.490 e. The molecule has 0 unspecified atom stereocenters. The lowest BCUT2D eigenvalue weighted by molar-refractivity contribution is 0.288. The van der Waals surface area contributed by atoms with Gasteiger partial charge in [0.15, 0.2) is 11.5 Å². The molecule has 2 aromatic rings. The van der Waals surface area contributed by atoms with E-state index in [-0.39, 0.29) is 0 Å². The molecule has 1 heterocycles. The lowest BCUT2D eigenvalue weighted by Gasteiger charge is -2.13. The van der Waals surface area contributed by atoms with Crippen LogP contribution < -0.4 is 15.2 Å². The number of hydrogen-bond donors (Lipinski definition) is 1. The van der Waals surface area contributed by atoms with Gasteiger partial charge in [-0.3, -0.25) is 0 Å². The van der Waals surface area contributed by atoms with Gasteiger partial charge in [0.1, 0.15) is 5.82 Å². The number of rotatable bonds is 5. The molecule has 0 aliphatic heterocycles. The van der Waals surface area contributed by atoms with Crippen molar-refractivity contribution in [2.45, 2.75) is 27.7 Å². The highest BCUT2D eigenvalue weighted by atomic mass is 16.5. The average Bonchev–Trinajstić information content (AvgIpc) is 2.47. The third-order valence-corrected chi connectivity index (χ3v) is 3.38. The van der Waals surface area contributed by atoms with Crippen LogP contribution in [0.25, 0.3) is 11.3 Å². The van der Waals surface area contributed by atoms with Crippen molar-refractivity contribution in [1.29, 1.82) is 0 Å². The fourth-order valence-electron chi connectivity index (χ4n) is 2.10. The topological polar surface area (TPSA) is 70.3 Å². The molecule has 0 fully saturated rings. The van der Waals surface area contributed by atoms with Gasteiger partial charge in [-0.2, -0.15) is 0 Å². The summed E-state index contributed by atoms with van der Waals surface area (Å²) in [6.45, 7) is 9.00. The fraction of sp³-hybridized carbons (Fsp3) is 0.375. The predicted molar refractivity (Wildman–Crippen MR) is 83.7 cm³/mol. The molecular weight excluding hydrogens is 266 g/mol. The maximum absolute atomic E-state index is 5.79. The Balaban J connectivity index is 2.50. The van der Waals surface area contributed by atoms with Gasteiger partial charge in [0.05, 0.1) is 18.9 Å². The van der Waals surface area contributed by atoms with Crippen LogP contribution >= 0.6 is 0 Å². The fourth-order valence-corrected chi connectivity index (χ4v) is 2.10. The zero-order valence-corrected chi connectivity index (χ0v) is 12.9. The maximum Gasteiger partial charge on any atom is 0.161 e. The molecule has 21 heavy (non-hydrogen) atoms. The normalized spacial score (nSPS) is 10.5. The standard InChI is InChI=1S/C16H21N3O2/c1-5-20-13-8-7-12(9-14(13)21-6-2)15-10(3)11(4)16(17)19-18-15/h7-9H,5-6H2,1-4H3,(H2,17,19). The maximum atomic E-state index is 5.79. The molecule has 0 atom stereocenters. The summed E-state index contributed by atoms with van der Waals surface area (Å²) >= 11 is 0. The van der Waals surface area contributed by atoms with Crippen LogP contribution in [-0.4, -0.2) is 23.4 Å². The zero-order chi connectivity index (χ0) is 15.4. The number of anilines is 1. The van der Waals surface area contributed by atoms with E-state index in [1.54, 1.807) is 0 Å². The Bertz CT molecular complexity index is 642. The van der Waals surface area contributed by atoms with Crippen molar-refractivity contribution in [1.82, 2.24) is 10.2 Å². The number of nitrogen functional groups attached to an aromatic ring is 1. The van der Waals surface area contributed by atoms with E-state index in [9.17, 15) is 0 Å². The first kappa shape index (κ1) is 15.1. The van der Waals surface area contributed by atoms with Crippen LogP contribution in [0.4, 0.5) is 5.82 Å². The Morgan fingerprint density at radius 2 is 1.62 bits per heavy atom. The van der Waals surface area contributed by atoms with Crippen LogP contribution in [0.15, 0.2) is 18.2 Å². The van der Waals surface area contributed by atoms with Crippen molar-refractivity contribution in [2.24, 2.45) is 0 Å². The van der Waals surface area contributed by atoms with Gasteiger partial charge in [-0.15, -0.1) is 10.2 Å². The molecule has 0 saturated heterocycles. The van der Waals surface area contributed by atoms with E-state index in [0.717, 1.165) is 28.1 Å². The quantitative estimate of drug-likeness (QED) is 0.914. The summed E-state index contributed by atoms with van der Waals surface area (Å²) < 4.78 is 11.2. The molecule has 0 saturated carbocycles. The highest BCUT2D eigenvalue weighted by Crippen LogP contribution is 2.34. The van der Waals surface area contributed by atoms with Crippen molar-refractivity contribution in [3.63, 3.8) is 0 Å². The minimum absolute atomic E-state index is 0.465. The Morgan fingerprint density at radius 3 is 2.29 bits per heavy atom. The van der Waals surface area contributed by atoms with E-state index in [4.69, 9.17) is 15.2 Å². The highest BCUT2D eigenvalue weighted by Gasteiger charge is 2.13. The molecule has 0 radical (unpaired) electrons. The molecule has 2 rings (SSSR count). The van der Waals surface area contributed by atoms with Crippen LogP contribution in [0.1, 0.15) is 25.0 Å². The van der Waals surface area contributed by atoms with E-state index in [2.05, 4.69) is 10.2 Å². The molecule has 0 amide bonds. The highest BCUT2D eigenvalue weighted by molar-refractivity contribution is 5.68. The first-order chi connectivity index (χ1) is 10.1.